The minimum Gasteiger partial charge on any atom is -0.384 e. The summed E-state index contributed by atoms with van der Waals surface area (Å²) in [6.45, 7) is 1.29. The molecule has 1 aliphatic rings. The summed E-state index contributed by atoms with van der Waals surface area (Å²) in [6, 6.07) is 7.94. The van der Waals surface area contributed by atoms with Crippen LogP contribution in [0, 0.1) is 0 Å². The smallest absolute Gasteiger partial charge is 0.225 e. The van der Waals surface area contributed by atoms with Crippen molar-refractivity contribution in [2.45, 2.75) is 12.5 Å². The predicted octanol–water partition coefficient (Wildman–Crippen LogP) is 2.99. The third kappa shape index (κ3) is 3.88. The molecule has 1 aromatic rings. The zero-order chi connectivity index (χ0) is 13.7. The highest BCUT2D eigenvalue weighted by molar-refractivity contribution is 7.99. The van der Waals surface area contributed by atoms with Gasteiger partial charge in [0.15, 0.2) is 0 Å². The van der Waals surface area contributed by atoms with Crippen molar-refractivity contribution >= 4 is 29.3 Å². The lowest BCUT2D eigenvalue weighted by Gasteiger charge is -2.36. The van der Waals surface area contributed by atoms with Crippen LogP contribution in [-0.4, -0.2) is 42.6 Å². The number of amides is 1. The molecule has 0 bridgehead atoms. The largest absolute Gasteiger partial charge is 0.384 e. The summed E-state index contributed by atoms with van der Waals surface area (Å²) in [5.41, 5.74) is 1.15. The molecule has 1 heterocycles. The average molecular weight is 300 g/mol. The van der Waals surface area contributed by atoms with Crippen LogP contribution in [-0.2, 0) is 9.53 Å². The van der Waals surface area contributed by atoms with Gasteiger partial charge >= 0.3 is 0 Å². The van der Waals surface area contributed by atoms with E-state index in [1.807, 2.05) is 40.9 Å². The van der Waals surface area contributed by atoms with Crippen LogP contribution < -0.4 is 0 Å². The van der Waals surface area contributed by atoms with E-state index >= 15 is 0 Å². The predicted molar refractivity (Wildman–Crippen MR) is 79.7 cm³/mol. The van der Waals surface area contributed by atoms with Crippen LogP contribution in [0.15, 0.2) is 24.3 Å². The molecule has 5 heteroatoms. The first-order valence-electron chi connectivity index (χ1n) is 6.34. The van der Waals surface area contributed by atoms with Gasteiger partial charge in [0, 0.05) is 30.2 Å². The fourth-order valence-electron chi connectivity index (χ4n) is 2.20. The first-order valence-corrected chi connectivity index (χ1v) is 7.87. The Labute approximate surface area is 123 Å². The summed E-state index contributed by atoms with van der Waals surface area (Å²) in [6.07, 6.45) is 0.450. The molecule has 0 saturated carbocycles. The zero-order valence-corrected chi connectivity index (χ0v) is 12.5. The number of hydrogen-bond donors (Lipinski definition) is 0. The normalized spacial score (nSPS) is 19.5. The number of benzene rings is 1. The molecule has 1 aliphatic heterocycles. The zero-order valence-electron chi connectivity index (χ0n) is 11.0. The summed E-state index contributed by atoms with van der Waals surface area (Å²) in [4.78, 5) is 14.2. The monoisotopic (exact) mass is 299 g/mol. The van der Waals surface area contributed by atoms with E-state index in [1.165, 1.54) is 0 Å². The van der Waals surface area contributed by atoms with E-state index < -0.39 is 0 Å². The van der Waals surface area contributed by atoms with Crippen LogP contribution >= 0.6 is 23.4 Å². The maximum atomic E-state index is 12.2. The average Bonchev–Trinajstić information content (AvgIpc) is 2.45. The van der Waals surface area contributed by atoms with Crippen LogP contribution in [0.4, 0.5) is 0 Å². The van der Waals surface area contributed by atoms with E-state index in [0.717, 1.165) is 28.6 Å². The Kier molecular flexibility index (Phi) is 5.55. The molecule has 0 aromatic heterocycles. The van der Waals surface area contributed by atoms with Crippen molar-refractivity contribution in [1.29, 1.82) is 0 Å². The first-order chi connectivity index (χ1) is 9.22. The van der Waals surface area contributed by atoms with Crippen LogP contribution in [0.3, 0.4) is 0 Å². The Balaban J connectivity index is 2.11. The molecule has 1 fully saturated rings. The van der Waals surface area contributed by atoms with Gasteiger partial charge in [0.1, 0.15) is 0 Å². The molecular weight excluding hydrogens is 282 g/mol. The molecule has 0 N–H and O–H groups in total. The molecule has 1 unspecified atom stereocenters. The number of thioether (sulfide) groups is 1. The maximum absolute atomic E-state index is 12.2. The number of hydrogen-bond acceptors (Lipinski definition) is 3. The van der Waals surface area contributed by atoms with Gasteiger partial charge < -0.3 is 9.64 Å². The molecule has 1 amide bonds. The van der Waals surface area contributed by atoms with Crippen LogP contribution in [0.1, 0.15) is 18.0 Å². The molecule has 2 rings (SSSR count). The number of nitrogens with zero attached hydrogens (tertiary/aromatic N) is 1. The second kappa shape index (κ2) is 7.17. The summed E-state index contributed by atoms with van der Waals surface area (Å²) in [7, 11) is 1.62. The van der Waals surface area contributed by atoms with Gasteiger partial charge in [-0.05, 0) is 17.7 Å². The van der Waals surface area contributed by atoms with Gasteiger partial charge in [0.05, 0.1) is 19.1 Å². The number of methoxy groups -OCH3 is 1. The van der Waals surface area contributed by atoms with Gasteiger partial charge in [-0.3, -0.25) is 4.79 Å². The van der Waals surface area contributed by atoms with E-state index in [9.17, 15) is 4.79 Å². The molecule has 0 aliphatic carbocycles. The number of carbonyl (C=O) groups is 1. The number of halogens is 1. The van der Waals surface area contributed by atoms with Gasteiger partial charge in [-0.15, -0.1) is 0 Å². The lowest BCUT2D eigenvalue weighted by Crippen LogP contribution is -2.41. The molecule has 1 saturated heterocycles. The maximum Gasteiger partial charge on any atom is 0.225 e. The Morgan fingerprint density at radius 1 is 1.47 bits per heavy atom. The number of carbonyl (C=O) groups excluding carboxylic acids is 1. The second-order valence-electron chi connectivity index (χ2n) is 4.47. The third-order valence-corrected chi connectivity index (χ3v) is 4.50. The van der Waals surface area contributed by atoms with Gasteiger partial charge in [0.2, 0.25) is 5.91 Å². The molecule has 0 spiro atoms. The fraction of sp³-hybridized carbons (Fsp3) is 0.500. The minimum absolute atomic E-state index is 0.153. The topological polar surface area (TPSA) is 29.5 Å². The van der Waals surface area contributed by atoms with Crippen molar-refractivity contribution in [3.63, 3.8) is 0 Å². The van der Waals surface area contributed by atoms with E-state index in [-0.39, 0.29) is 11.9 Å². The minimum atomic E-state index is 0.153. The Bertz CT molecular complexity index is 424. The van der Waals surface area contributed by atoms with Crippen molar-refractivity contribution in [2.75, 3.05) is 31.8 Å². The Morgan fingerprint density at radius 3 is 2.89 bits per heavy atom. The summed E-state index contributed by atoms with van der Waals surface area (Å²) >= 11 is 7.80. The van der Waals surface area contributed by atoms with E-state index in [2.05, 4.69) is 0 Å². The van der Waals surface area contributed by atoms with Crippen LogP contribution in [0.25, 0.3) is 0 Å². The van der Waals surface area contributed by atoms with Crippen LogP contribution in [0.5, 0.6) is 0 Å². The van der Waals surface area contributed by atoms with E-state index in [4.69, 9.17) is 16.3 Å². The summed E-state index contributed by atoms with van der Waals surface area (Å²) < 4.78 is 4.99. The molecular formula is C14H18ClNO2S. The van der Waals surface area contributed by atoms with Crippen molar-refractivity contribution in [3.05, 3.63) is 34.9 Å². The SMILES string of the molecule is COCCC(=O)N1CCSCC1c1ccc(Cl)cc1. The molecule has 1 atom stereocenters. The second-order valence-corrected chi connectivity index (χ2v) is 6.06. The Hall–Kier alpha value is -0.710. The van der Waals surface area contributed by atoms with Gasteiger partial charge in [0.25, 0.3) is 0 Å². The first kappa shape index (κ1) is 14.7. The highest BCUT2D eigenvalue weighted by Gasteiger charge is 2.27. The molecule has 0 radical (unpaired) electrons. The summed E-state index contributed by atoms with van der Waals surface area (Å²) in [5.74, 6) is 2.12. The van der Waals surface area contributed by atoms with E-state index in [1.54, 1.807) is 7.11 Å². The molecule has 3 nitrogen and oxygen atoms in total. The van der Waals surface area contributed by atoms with Crippen LogP contribution in [0.2, 0.25) is 5.02 Å². The van der Waals surface area contributed by atoms with E-state index in [0.29, 0.717) is 13.0 Å². The quantitative estimate of drug-likeness (QED) is 0.856. The lowest BCUT2D eigenvalue weighted by molar-refractivity contribution is -0.134. The van der Waals surface area contributed by atoms with Crippen molar-refractivity contribution in [2.24, 2.45) is 0 Å². The number of rotatable bonds is 4. The fourth-order valence-corrected chi connectivity index (χ4v) is 3.41. The summed E-state index contributed by atoms with van der Waals surface area (Å²) in [5, 5.41) is 0.726. The van der Waals surface area contributed by atoms with Crippen molar-refractivity contribution < 1.29 is 9.53 Å². The molecule has 1 aromatic carbocycles. The van der Waals surface area contributed by atoms with Gasteiger partial charge in [-0.25, -0.2) is 0 Å². The molecule has 19 heavy (non-hydrogen) atoms. The highest BCUT2D eigenvalue weighted by atomic mass is 35.5. The van der Waals surface area contributed by atoms with Gasteiger partial charge in [-0.1, -0.05) is 23.7 Å². The molecule has 104 valence electrons. The Morgan fingerprint density at radius 2 is 2.21 bits per heavy atom. The lowest BCUT2D eigenvalue weighted by atomic mass is 10.1. The van der Waals surface area contributed by atoms with Gasteiger partial charge in [-0.2, -0.15) is 11.8 Å². The number of ether oxygens (including phenoxy) is 1. The third-order valence-electron chi connectivity index (χ3n) is 3.22. The van der Waals surface area contributed by atoms with Crippen molar-refractivity contribution in [3.8, 4) is 0 Å². The standard InChI is InChI=1S/C14H18ClNO2S/c1-18-8-6-14(17)16-7-9-19-10-13(16)11-2-4-12(15)5-3-11/h2-5,13H,6-10H2,1H3. The van der Waals surface area contributed by atoms with Crippen molar-refractivity contribution in [1.82, 2.24) is 4.90 Å². The highest BCUT2D eigenvalue weighted by Crippen LogP contribution is 2.30.